The van der Waals surface area contributed by atoms with E-state index >= 15 is 0 Å². The molecule has 8 heteroatoms. The first-order valence-electron chi connectivity index (χ1n) is 13.0. The first-order chi connectivity index (χ1) is 18.4. The second-order valence-electron chi connectivity index (χ2n) is 9.85. The average Bonchev–Trinajstić information content (AvgIpc) is 3.58. The Labute approximate surface area is 221 Å². The first kappa shape index (κ1) is 25.3. The molecule has 1 aliphatic carbocycles. The number of para-hydroxylation sites is 1. The van der Waals surface area contributed by atoms with Crippen LogP contribution in [0.1, 0.15) is 60.1 Å². The molecule has 0 saturated heterocycles. The minimum Gasteiger partial charge on any atom is -0.351 e. The fourth-order valence-electron chi connectivity index (χ4n) is 5.17. The van der Waals surface area contributed by atoms with Gasteiger partial charge in [-0.05, 0) is 74.2 Å². The van der Waals surface area contributed by atoms with E-state index < -0.39 is 6.04 Å². The van der Waals surface area contributed by atoms with Crippen LogP contribution < -0.4 is 10.2 Å². The number of benzene rings is 3. The molecular formula is C30H31N5O3. The van der Waals surface area contributed by atoms with Gasteiger partial charge < -0.3 is 5.32 Å². The summed E-state index contributed by atoms with van der Waals surface area (Å²) in [6, 6.07) is 21.1. The van der Waals surface area contributed by atoms with Crippen molar-refractivity contribution < 1.29 is 14.4 Å². The van der Waals surface area contributed by atoms with Gasteiger partial charge in [0.1, 0.15) is 18.1 Å². The van der Waals surface area contributed by atoms with Gasteiger partial charge in [0, 0.05) is 17.3 Å². The number of aromatic nitrogens is 3. The van der Waals surface area contributed by atoms with E-state index in [9.17, 15) is 14.4 Å². The van der Waals surface area contributed by atoms with E-state index in [4.69, 9.17) is 0 Å². The van der Waals surface area contributed by atoms with Crippen molar-refractivity contribution in [2.45, 2.75) is 58.2 Å². The molecule has 2 amide bonds. The van der Waals surface area contributed by atoms with E-state index in [2.05, 4.69) is 15.6 Å². The highest BCUT2D eigenvalue weighted by atomic mass is 16.2. The number of Topliss-reactive ketones (excluding diaryl/α,β-unsaturated/α-hetero) is 1. The molecule has 1 N–H and O–H groups in total. The Morgan fingerprint density at radius 2 is 1.66 bits per heavy atom. The van der Waals surface area contributed by atoms with Crippen molar-refractivity contribution >= 4 is 34.3 Å². The van der Waals surface area contributed by atoms with Crippen molar-refractivity contribution in [2.24, 2.45) is 0 Å². The zero-order chi connectivity index (χ0) is 26.6. The molecule has 1 saturated carbocycles. The normalized spacial score (nSPS) is 14.4. The number of ketones is 1. The van der Waals surface area contributed by atoms with Gasteiger partial charge >= 0.3 is 0 Å². The summed E-state index contributed by atoms with van der Waals surface area (Å²) < 4.78 is 1.55. The number of anilines is 1. The van der Waals surface area contributed by atoms with Gasteiger partial charge in [-0.1, -0.05) is 54.5 Å². The Bertz CT molecular complexity index is 1470. The van der Waals surface area contributed by atoms with E-state index in [1.54, 1.807) is 28.9 Å². The van der Waals surface area contributed by atoms with Gasteiger partial charge in [-0.2, -0.15) is 0 Å². The van der Waals surface area contributed by atoms with Crippen molar-refractivity contribution in [3.63, 3.8) is 0 Å². The molecule has 3 aromatic carbocycles. The minimum atomic E-state index is -0.901. The fraction of sp³-hybridized carbons (Fsp3) is 0.300. The van der Waals surface area contributed by atoms with Gasteiger partial charge in [0.05, 0.1) is 5.52 Å². The summed E-state index contributed by atoms with van der Waals surface area (Å²) in [5.41, 5.74) is 4.13. The molecule has 194 valence electrons. The molecule has 1 aliphatic rings. The summed E-state index contributed by atoms with van der Waals surface area (Å²) in [4.78, 5) is 41.6. The van der Waals surface area contributed by atoms with Gasteiger partial charge in [-0.25, -0.2) is 4.68 Å². The van der Waals surface area contributed by atoms with E-state index in [1.807, 2.05) is 55.5 Å². The lowest BCUT2D eigenvalue weighted by Gasteiger charge is -2.33. The average molecular weight is 510 g/mol. The van der Waals surface area contributed by atoms with Crippen LogP contribution in [0.3, 0.4) is 0 Å². The molecule has 4 aromatic rings. The maximum atomic E-state index is 14.1. The number of nitrogens with one attached hydrogen (secondary N) is 1. The highest BCUT2D eigenvalue weighted by Crippen LogP contribution is 2.32. The van der Waals surface area contributed by atoms with Crippen LogP contribution in [0.15, 0.2) is 72.8 Å². The molecule has 0 bridgehead atoms. The molecule has 1 atom stereocenters. The van der Waals surface area contributed by atoms with E-state index in [0.717, 1.165) is 42.3 Å². The topological polar surface area (TPSA) is 97.2 Å². The predicted octanol–water partition coefficient (Wildman–Crippen LogP) is 4.78. The highest BCUT2D eigenvalue weighted by molar-refractivity contribution is 6.02. The van der Waals surface area contributed by atoms with Gasteiger partial charge in [0.2, 0.25) is 11.8 Å². The van der Waals surface area contributed by atoms with Crippen LogP contribution >= 0.6 is 0 Å². The molecule has 8 nitrogen and oxygen atoms in total. The Kier molecular flexibility index (Phi) is 7.31. The van der Waals surface area contributed by atoms with Crippen LogP contribution in [-0.4, -0.2) is 38.6 Å². The molecule has 1 heterocycles. The zero-order valence-electron chi connectivity index (χ0n) is 21.6. The summed E-state index contributed by atoms with van der Waals surface area (Å²) in [6.45, 7) is 3.34. The standard InChI is InChI=1S/C30H31N5O3/c1-20-9-3-6-12-25(20)29(30(38)31-23-10-4-5-11-23)35(24-17-15-22(16-18-24)21(2)36)28(37)19-34-27-14-8-7-13-26(27)32-33-34/h3,6-9,12-18,23,29H,4-5,10-11,19H2,1-2H3,(H,31,38). The summed E-state index contributed by atoms with van der Waals surface area (Å²) >= 11 is 0. The van der Waals surface area contributed by atoms with E-state index in [-0.39, 0.29) is 30.2 Å². The van der Waals surface area contributed by atoms with E-state index in [0.29, 0.717) is 16.8 Å². The van der Waals surface area contributed by atoms with Crippen molar-refractivity contribution in [2.75, 3.05) is 4.90 Å². The number of hydrogen-bond acceptors (Lipinski definition) is 5. The number of carbonyl (C=O) groups is 3. The molecule has 38 heavy (non-hydrogen) atoms. The number of aryl methyl sites for hydroxylation is 1. The van der Waals surface area contributed by atoms with Gasteiger partial charge in [-0.15, -0.1) is 5.10 Å². The molecule has 1 aromatic heterocycles. The smallest absolute Gasteiger partial charge is 0.249 e. The number of carbonyl (C=O) groups excluding carboxylic acids is 3. The molecular weight excluding hydrogens is 478 g/mol. The van der Waals surface area contributed by atoms with Crippen LogP contribution in [0.4, 0.5) is 5.69 Å². The second-order valence-corrected chi connectivity index (χ2v) is 9.85. The Morgan fingerprint density at radius 1 is 0.974 bits per heavy atom. The quantitative estimate of drug-likeness (QED) is 0.345. The Morgan fingerprint density at radius 3 is 2.37 bits per heavy atom. The van der Waals surface area contributed by atoms with Crippen molar-refractivity contribution in [1.82, 2.24) is 20.3 Å². The Hall–Kier alpha value is -4.33. The zero-order valence-corrected chi connectivity index (χ0v) is 21.6. The van der Waals surface area contributed by atoms with E-state index in [1.165, 1.54) is 11.8 Å². The fourth-order valence-corrected chi connectivity index (χ4v) is 5.17. The van der Waals surface area contributed by atoms with Crippen LogP contribution in [-0.2, 0) is 16.1 Å². The predicted molar refractivity (Wildman–Crippen MR) is 146 cm³/mol. The number of amides is 2. The van der Waals surface area contributed by atoms with Crippen molar-refractivity contribution in [3.8, 4) is 0 Å². The van der Waals surface area contributed by atoms with Crippen molar-refractivity contribution in [1.29, 1.82) is 0 Å². The molecule has 0 spiro atoms. The number of hydrogen-bond donors (Lipinski definition) is 1. The third-order valence-electron chi connectivity index (χ3n) is 7.22. The third kappa shape index (κ3) is 5.20. The lowest BCUT2D eigenvalue weighted by atomic mass is 9.97. The van der Waals surface area contributed by atoms with Crippen molar-refractivity contribution in [3.05, 3.63) is 89.5 Å². The molecule has 0 radical (unpaired) electrons. The maximum Gasteiger partial charge on any atom is 0.249 e. The molecule has 5 rings (SSSR count). The summed E-state index contributed by atoms with van der Waals surface area (Å²) in [5.74, 6) is -0.609. The lowest BCUT2D eigenvalue weighted by Crippen LogP contribution is -2.47. The van der Waals surface area contributed by atoms with Crippen LogP contribution in [0.5, 0.6) is 0 Å². The van der Waals surface area contributed by atoms with Crippen LogP contribution in [0.2, 0.25) is 0 Å². The monoisotopic (exact) mass is 509 g/mol. The highest BCUT2D eigenvalue weighted by Gasteiger charge is 2.35. The van der Waals surface area contributed by atoms with Gasteiger partial charge in [-0.3, -0.25) is 19.3 Å². The molecule has 1 fully saturated rings. The first-order valence-corrected chi connectivity index (χ1v) is 13.0. The SMILES string of the molecule is CC(=O)c1ccc(N(C(=O)Cn2nnc3ccccc32)C(C(=O)NC2CCCC2)c2ccccc2C)cc1. The number of rotatable bonds is 8. The molecule has 1 unspecified atom stereocenters. The minimum absolute atomic E-state index is 0.0713. The maximum absolute atomic E-state index is 14.1. The van der Waals surface area contributed by atoms with Gasteiger partial charge in [0.25, 0.3) is 0 Å². The summed E-state index contributed by atoms with van der Waals surface area (Å²) in [5, 5.41) is 11.6. The lowest BCUT2D eigenvalue weighted by molar-refractivity contribution is -0.127. The van der Waals surface area contributed by atoms with Gasteiger partial charge in [0.15, 0.2) is 5.78 Å². The summed E-state index contributed by atoms with van der Waals surface area (Å²) in [6.07, 6.45) is 4.01. The molecule has 0 aliphatic heterocycles. The largest absolute Gasteiger partial charge is 0.351 e. The Balaban J connectivity index is 1.59. The number of fused-ring (bicyclic) bond motifs is 1. The number of nitrogens with zero attached hydrogens (tertiary/aromatic N) is 4. The second kappa shape index (κ2) is 11.0. The van der Waals surface area contributed by atoms with Crippen LogP contribution in [0, 0.1) is 6.92 Å². The summed E-state index contributed by atoms with van der Waals surface area (Å²) in [7, 11) is 0. The van der Waals surface area contributed by atoms with Crippen LogP contribution in [0.25, 0.3) is 11.0 Å². The third-order valence-corrected chi connectivity index (χ3v) is 7.22.